The van der Waals surface area contributed by atoms with Crippen LogP contribution >= 0.6 is 0 Å². The number of carbonyl (C=O) groups is 1. The van der Waals surface area contributed by atoms with Crippen molar-refractivity contribution in [3.8, 4) is 0 Å². The second kappa shape index (κ2) is 6.43. The molecule has 0 bridgehead atoms. The van der Waals surface area contributed by atoms with Crippen LogP contribution in [0.5, 0.6) is 0 Å². The summed E-state index contributed by atoms with van der Waals surface area (Å²) < 4.78 is 5.18. The van der Waals surface area contributed by atoms with Crippen LogP contribution in [-0.2, 0) is 11.2 Å². The van der Waals surface area contributed by atoms with Gasteiger partial charge < -0.3 is 4.74 Å². The number of hydrogen-bond acceptors (Lipinski definition) is 3. The fourth-order valence-corrected chi connectivity index (χ4v) is 2.69. The smallest absolute Gasteiger partial charge is 0.414 e. The molecule has 3 rings (SSSR count). The van der Waals surface area contributed by atoms with E-state index in [4.69, 9.17) is 4.74 Å². The van der Waals surface area contributed by atoms with E-state index in [1.54, 1.807) is 17.3 Å². The number of fused-ring (bicyclic) bond motifs is 1. The molecule has 1 aliphatic rings. The van der Waals surface area contributed by atoms with E-state index in [0.29, 0.717) is 6.61 Å². The molecule has 4 heteroatoms. The van der Waals surface area contributed by atoms with E-state index in [1.165, 1.54) is 5.56 Å². The molecule has 0 aliphatic carbocycles. The first-order valence-corrected chi connectivity index (χ1v) is 7.41. The van der Waals surface area contributed by atoms with Gasteiger partial charge in [0.25, 0.3) is 0 Å². The summed E-state index contributed by atoms with van der Waals surface area (Å²) in [5, 5.41) is 0. The Kier molecular flexibility index (Phi) is 4.19. The summed E-state index contributed by atoms with van der Waals surface area (Å²) in [7, 11) is 0. The first-order valence-electron chi connectivity index (χ1n) is 7.41. The second-order valence-corrected chi connectivity index (χ2v) is 5.11. The molecule has 1 aromatic heterocycles. The number of nitrogens with zero attached hydrogens (tertiary/aromatic N) is 2. The van der Waals surface area contributed by atoms with Crippen LogP contribution in [-0.4, -0.2) is 22.6 Å². The minimum Gasteiger partial charge on any atom is -0.449 e. The third-order valence-corrected chi connectivity index (χ3v) is 3.71. The Labute approximate surface area is 130 Å². The molecule has 1 aromatic carbocycles. The fourth-order valence-electron chi connectivity index (χ4n) is 2.69. The van der Waals surface area contributed by atoms with Crippen molar-refractivity contribution < 1.29 is 9.53 Å². The van der Waals surface area contributed by atoms with Gasteiger partial charge >= 0.3 is 6.09 Å². The number of pyridine rings is 1. The number of aromatic nitrogens is 1. The summed E-state index contributed by atoms with van der Waals surface area (Å²) in [5.41, 5.74) is 3.12. The normalized spacial score (nSPS) is 16.2. The summed E-state index contributed by atoms with van der Waals surface area (Å²) in [6.07, 6.45) is 5.79. The highest BCUT2D eigenvalue weighted by Gasteiger charge is 2.29. The Bertz CT molecular complexity index is 682. The van der Waals surface area contributed by atoms with E-state index in [9.17, 15) is 4.79 Å². The highest BCUT2D eigenvalue weighted by atomic mass is 16.6. The maximum absolute atomic E-state index is 12.2. The first kappa shape index (κ1) is 14.3. The Morgan fingerprint density at radius 3 is 2.82 bits per heavy atom. The Hall–Kier alpha value is -2.62. The van der Waals surface area contributed by atoms with Crippen molar-refractivity contribution in [2.75, 3.05) is 6.61 Å². The van der Waals surface area contributed by atoms with Crippen LogP contribution in [0.4, 0.5) is 4.79 Å². The molecule has 1 unspecified atom stereocenters. The van der Waals surface area contributed by atoms with E-state index in [0.717, 1.165) is 17.7 Å². The monoisotopic (exact) mass is 294 g/mol. The summed E-state index contributed by atoms with van der Waals surface area (Å²) in [6, 6.07) is 14.0. The molecule has 0 spiro atoms. The number of benzene rings is 1. The largest absolute Gasteiger partial charge is 0.449 e. The van der Waals surface area contributed by atoms with Crippen LogP contribution < -0.4 is 0 Å². The number of amides is 1. The molecule has 22 heavy (non-hydrogen) atoms. The zero-order valence-corrected chi connectivity index (χ0v) is 12.5. The van der Waals surface area contributed by atoms with Crippen LogP contribution in [0.2, 0.25) is 0 Å². The van der Waals surface area contributed by atoms with Gasteiger partial charge in [-0.3, -0.25) is 9.88 Å². The molecule has 1 aliphatic heterocycles. The number of ether oxygens (including phenoxy) is 1. The molecular weight excluding hydrogens is 276 g/mol. The van der Waals surface area contributed by atoms with E-state index < -0.39 is 0 Å². The molecular formula is C18H18N2O2. The zero-order valence-electron chi connectivity index (χ0n) is 12.5. The van der Waals surface area contributed by atoms with Gasteiger partial charge in [-0.2, -0.15) is 0 Å². The third kappa shape index (κ3) is 2.86. The zero-order chi connectivity index (χ0) is 15.4. The minimum absolute atomic E-state index is 0.102. The standard InChI is InChI=1S/C18H18N2O2/c1-2-22-18(21)20-12-10-16-15(9-6-11-19-16)17(20)13-14-7-4-3-5-8-14/h3-12,17H,2,13H2,1H3. The lowest BCUT2D eigenvalue weighted by Crippen LogP contribution is -2.34. The maximum Gasteiger partial charge on any atom is 0.414 e. The highest BCUT2D eigenvalue weighted by molar-refractivity contribution is 5.73. The predicted molar refractivity (Wildman–Crippen MR) is 85.0 cm³/mol. The molecule has 0 radical (unpaired) electrons. The molecule has 1 atom stereocenters. The molecule has 0 N–H and O–H groups in total. The van der Waals surface area contributed by atoms with Gasteiger partial charge in [-0.15, -0.1) is 0 Å². The number of hydrogen-bond donors (Lipinski definition) is 0. The van der Waals surface area contributed by atoms with Gasteiger partial charge in [0.15, 0.2) is 0 Å². The first-order chi connectivity index (χ1) is 10.8. The van der Waals surface area contributed by atoms with Crippen molar-refractivity contribution in [2.45, 2.75) is 19.4 Å². The highest BCUT2D eigenvalue weighted by Crippen LogP contribution is 2.32. The Morgan fingerprint density at radius 2 is 2.05 bits per heavy atom. The van der Waals surface area contributed by atoms with Gasteiger partial charge in [-0.05, 0) is 31.1 Å². The van der Waals surface area contributed by atoms with Crippen LogP contribution in [0.15, 0.2) is 54.9 Å². The Balaban J connectivity index is 1.95. The molecule has 4 nitrogen and oxygen atoms in total. The third-order valence-electron chi connectivity index (χ3n) is 3.71. The van der Waals surface area contributed by atoms with Crippen molar-refractivity contribution in [3.05, 3.63) is 71.7 Å². The average Bonchev–Trinajstić information content (AvgIpc) is 2.56. The van der Waals surface area contributed by atoms with Crippen LogP contribution in [0.1, 0.15) is 29.8 Å². The molecule has 112 valence electrons. The maximum atomic E-state index is 12.2. The molecule has 0 fully saturated rings. The van der Waals surface area contributed by atoms with E-state index in [1.807, 2.05) is 43.3 Å². The van der Waals surface area contributed by atoms with Crippen molar-refractivity contribution >= 4 is 12.2 Å². The van der Waals surface area contributed by atoms with E-state index in [-0.39, 0.29) is 12.1 Å². The van der Waals surface area contributed by atoms with Gasteiger partial charge in [0, 0.05) is 18.0 Å². The molecule has 2 heterocycles. The Morgan fingerprint density at radius 1 is 1.23 bits per heavy atom. The molecule has 0 saturated heterocycles. The topological polar surface area (TPSA) is 42.4 Å². The van der Waals surface area contributed by atoms with Gasteiger partial charge in [-0.1, -0.05) is 36.4 Å². The van der Waals surface area contributed by atoms with Crippen molar-refractivity contribution in [2.24, 2.45) is 0 Å². The van der Waals surface area contributed by atoms with Crippen molar-refractivity contribution in [1.29, 1.82) is 0 Å². The van der Waals surface area contributed by atoms with Crippen molar-refractivity contribution in [1.82, 2.24) is 9.88 Å². The minimum atomic E-state index is -0.325. The van der Waals surface area contributed by atoms with Crippen LogP contribution in [0.3, 0.4) is 0 Å². The fraction of sp³-hybridized carbons (Fsp3) is 0.222. The number of carbonyl (C=O) groups excluding carboxylic acids is 1. The van der Waals surface area contributed by atoms with Gasteiger partial charge in [0.2, 0.25) is 0 Å². The average molecular weight is 294 g/mol. The van der Waals surface area contributed by atoms with Gasteiger partial charge in [0.1, 0.15) is 0 Å². The summed E-state index contributed by atoms with van der Waals surface area (Å²) in [5.74, 6) is 0. The van der Waals surface area contributed by atoms with Gasteiger partial charge in [-0.25, -0.2) is 4.79 Å². The SMILES string of the molecule is CCOC(=O)N1C=Cc2ncccc2C1Cc1ccccc1. The molecule has 2 aromatic rings. The van der Waals surface area contributed by atoms with Crippen molar-refractivity contribution in [3.63, 3.8) is 0 Å². The summed E-state index contributed by atoms with van der Waals surface area (Å²) >= 11 is 0. The lowest BCUT2D eigenvalue weighted by molar-refractivity contribution is 0.109. The second-order valence-electron chi connectivity index (χ2n) is 5.11. The molecule has 1 amide bonds. The molecule has 0 saturated carbocycles. The van der Waals surface area contributed by atoms with Crippen LogP contribution in [0.25, 0.3) is 6.08 Å². The van der Waals surface area contributed by atoms with E-state index >= 15 is 0 Å². The number of rotatable bonds is 3. The lowest BCUT2D eigenvalue weighted by Gasteiger charge is -2.32. The predicted octanol–water partition coefficient (Wildman–Crippen LogP) is 3.81. The lowest BCUT2D eigenvalue weighted by atomic mass is 9.94. The van der Waals surface area contributed by atoms with E-state index in [2.05, 4.69) is 17.1 Å². The summed E-state index contributed by atoms with van der Waals surface area (Å²) in [4.78, 5) is 18.3. The quantitative estimate of drug-likeness (QED) is 0.864. The summed E-state index contributed by atoms with van der Waals surface area (Å²) in [6.45, 7) is 2.17. The van der Waals surface area contributed by atoms with Gasteiger partial charge in [0.05, 0.1) is 18.3 Å². The van der Waals surface area contributed by atoms with Crippen LogP contribution in [0, 0.1) is 0 Å².